The number of benzene rings is 2. The fourth-order valence-corrected chi connectivity index (χ4v) is 2.44. The highest BCUT2D eigenvalue weighted by Crippen LogP contribution is 2.25. The molecule has 0 spiro atoms. The maximum absolute atomic E-state index is 6.38. The summed E-state index contributed by atoms with van der Waals surface area (Å²) in [6.07, 6.45) is 3.50. The van der Waals surface area contributed by atoms with Crippen molar-refractivity contribution in [2.75, 3.05) is 6.61 Å². The molecule has 1 heterocycles. The number of hydrogen-bond acceptors (Lipinski definition) is 3. The lowest BCUT2D eigenvalue weighted by Crippen LogP contribution is -2.12. The molecular weight excluding hydrogens is 260 g/mol. The van der Waals surface area contributed by atoms with E-state index in [1.807, 2.05) is 25.1 Å². The van der Waals surface area contributed by atoms with Crippen LogP contribution in [-0.2, 0) is 0 Å². The Morgan fingerprint density at radius 1 is 1.00 bits per heavy atom. The SMILES string of the molecule is CCOc1cncc(C(N)c2ccc3ccccc3c2)c1. The van der Waals surface area contributed by atoms with Gasteiger partial charge < -0.3 is 10.5 Å². The zero-order valence-corrected chi connectivity index (χ0v) is 12.0. The van der Waals surface area contributed by atoms with Gasteiger partial charge in [0.25, 0.3) is 0 Å². The predicted molar refractivity (Wildman–Crippen MR) is 85.4 cm³/mol. The van der Waals surface area contributed by atoms with E-state index in [1.165, 1.54) is 10.8 Å². The second-order valence-electron chi connectivity index (χ2n) is 4.97. The fourth-order valence-electron chi connectivity index (χ4n) is 2.44. The largest absolute Gasteiger partial charge is 0.492 e. The summed E-state index contributed by atoms with van der Waals surface area (Å²) in [5.41, 5.74) is 8.40. The summed E-state index contributed by atoms with van der Waals surface area (Å²) in [6.45, 7) is 2.58. The molecule has 106 valence electrons. The number of ether oxygens (including phenoxy) is 1. The Balaban J connectivity index is 1.95. The summed E-state index contributed by atoms with van der Waals surface area (Å²) < 4.78 is 5.48. The van der Waals surface area contributed by atoms with Gasteiger partial charge in [0.1, 0.15) is 5.75 Å². The smallest absolute Gasteiger partial charge is 0.137 e. The van der Waals surface area contributed by atoms with Gasteiger partial charge in [-0.25, -0.2) is 0 Å². The Hall–Kier alpha value is -2.39. The van der Waals surface area contributed by atoms with Crippen molar-refractivity contribution in [2.24, 2.45) is 5.73 Å². The van der Waals surface area contributed by atoms with Crippen LogP contribution in [-0.4, -0.2) is 11.6 Å². The fraction of sp³-hybridized carbons (Fsp3) is 0.167. The summed E-state index contributed by atoms with van der Waals surface area (Å²) in [5, 5.41) is 2.41. The molecule has 1 atom stereocenters. The lowest BCUT2D eigenvalue weighted by atomic mass is 9.98. The van der Waals surface area contributed by atoms with E-state index in [-0.39, 0.29) is 6.04 Å². The van der Waals surface area contributed by atoms with Gasteiger partial charge in [0.15, 0.2) is 0 Å². The normalized spacial score (nSPS) is 12.3. The molecule has 0 amide bonds. The molecule has 21 heavy (non-hydrogen) atoms. The average molecular weight is 278 g/mol. The van der Waals surface area contributed by atoms with Crippen molar-refractivity contribution >= 4 is 10.8 Å². The van der Waals surface area contributed by atoms with E-state index in [0.29, 0.717) is 6.61 Å². The molecule has 0 radical (unpaired) electrons. The third-order valence-electron chi connectivity index (χ3n) is 3.54. The molecule has 3 rings (SSSR count). The topological polar surface area (TPSA) is 48.1 Å². The van der Waals surface area contributed by atoms with Gasteiger partial charge in [0, 0.05) is 6.20 Å². The van der Waals surface area contributed by atoms with Crippen LogP contribution < -0.4 is 10.5 Å². The van der Waals surface area contributed by atoms with Crippen molar-refractivity contribution in [2.45, 2.75) is 13.0 Å². The minimum Gasteiger partial charge on any atom is -0.492 e. The first-order valence-corrected chi connectivity index (χ1v) is 7.10. The van der Waals surface area contributed by atoms with E-state index in [4.69, 9.17) is 10.5 Å². The monoisotopic (exact) mass is 278 g/mol. The van der Waals surface area contributed by atoms with Crippen molar-refractivity contribution in [3.05, 3.63) is 72.1 Å². The summed E-state index contributed by atoms with van der Waals surface area (Å²) >= 11 is 0. The van der Waals surface area contributed by atoms with Gasteiger partial charge >= 0.3 is 0 Å². The number of nitrogens with two attached hydrogens (primary N) is 1. The summed E-state index contributed by atoms with van der Waals surface area (Å²) in [4.78, 5) is 4.21. The lowest BCUT2D eigenvalue weighted by Gasteiger charge is -2.14. The highest BCUT2D eigenvalue weighted by Gasteiger charge is 2.11. The first-order valence-electron chi connectivity index (χ1n) is 7.10. The number of aromatic nitrogens is 1. The van der Waals surface area contributed by atoms with Crippen LogP contribution in [0.4, 0.5) is 0 Å². The van der Waals surface area contributed by atoms with E-state index >= 15 is 0 Å². The zero-order valence-electron chi connectivity index (χ0n) is 12.0. The maximum Gasteiger partial charge on any atom is 0.137 e. The lowest BCUT2D eigenvalue weighted by molar-refractivity contribution is 0.338. The van der Waals surface area contributed by atoms with Gasteiger partial charge in [0.2, 0.25) is 0 Å². The average Bonchev–Trinajstić information content (AvgIpc) is 2.54. The highest BCUT2D eigenvalue weighted by atomic mass is 16.5. The predicted octanol–water partition coefficient (Wildman–Crippen LogP) is 3.68. The van der Waals surface area contributed by atoms with Crippen LogP contribution in [0, 0.1) is 0 Å². The van der Waals surface area contributed by atoms with Crippen LogP contribution in [0.5, 0.6) is 5.75 Å². The van der Waals surface area contributed by atoms with Gasteiger partial charge in [-0.3, -0.25) is 4.98 Å². The van der Waals surface area contributed by atoms with Crippen molar-refractivity contribution < 1.29 is 4.74 Å². The maximum atomic E-state index is 6.38. The molecule has 1 unspecified atom stereocenters. The highest BCUT2D eigenvalue weighted by molar-refractivity contribution is 5.83. The summed E-state index contributed by atoms with van der Waals surface area (Å²) in [7, 11) is 0. The van der Waals surface area contributed by atoms with Crippen LogP contribution in [0.3, 0.4) is 0 Å². The quantitative estimate of drug-likeness (QED) is 0.792. The molecule has 2 aromatic carbocycles. The molecule has 1 aromatic heterocycles. The summed E-state index contributed by atoms with van der Waals surface area (Å²) in [5.74, 6) is 0.756. The van der Waals surface area contributed by atoms with Crippen LogP contribution >= 0.6 is 0 Å². The van der Waals surface area contributed by atoms with E-state index in [9.17, 15) is 0 Å². The minimum atomic E-state index is -0.206. The van der Waals surface area contributed by atoms with Crippen molar-refractivity contribution in [1.82, 2.24) is 4.98 Å². The molecule has 0 saturated heterocycles. The third kappa shape index (κ3) is 2.88. The van der Waals surface area contributed by atoms with Gasteiger partial charge in [-0.2, -0.15) is 0 Å². The van der Waals surface area contributed by atoms with Gasteiger partial charge in [-0.05, 0) is 41.0 Å². The Bertz CT molecular complexity index is 755. The standard InChI is InChI=1S/C18H18N2O/c1-2-21-17-10-16(11-20-12-17)18(19)15-8-7-13-5-3-4-6-14(13)9-15/h3-12,18H,2,19H2,1H3. The minimum absolute atomic E-state index is 0.206. The number of rotatable bonds is 4. The molecule has 0 aliphatic carbocycles. The summed E-state index contributed by atoms with van der Waals surface area (Å²) in [6, 6.07) is 16.3. The second kappa shape index (κ2) is 5.94. The molecule has 2 N–H and O–H groups in total. The first kappa shape index (κ1) is 13.6. The number of pyridine rings is 1. The Morgan fingerprint density at radius 2 is 1.81 bits per heavy atom. The molecule has 0 fully saturated rings. The molecule has 0 aliphatic rings. The van der Waals surface area contributed by atoms with Gasteiger partial charge in [0.05, 0.1) is 18.8 Å². The van der Waals surface area contributed by atoms with Gasteiger partial charge in [-0.1, -0.05) is 36.4 Å². The number of nitrogens with zero attached hydrogens (tertiary/aromatic N) is 1. The Labute approximate surface area is 124 Å². The Morgan fingerprint density at radius 3 is 2.62 bits per heavy atom. The van der Waals surface area contributed by atoms with Crippen LogP contribution in [0.2, 0.25) is 0 Å². The molecule has 3 heteroatoms. The van der Waals surface area contributed by atoms with E-state index in [2.05, 4.69) is 35.3 Å². The van der Waals surface area contributed by atoms with E-state index < -0.39 is 0 Å². The van der Waals surface area contributed by atoms with Gasteiger partial charge in [-0.15, -0.1) is 0 Å². The van der Waals surface area contributed by atoms with Crippen molar-refractivity contribution in [3.8, 4) is 5.75 Å². The molecular formula is C18H18N2O. The number of hydrogen-bond donors (Lipinski definition) is 1. The second-order valence-corrected chi connectivity index (χ2v) is 4.97. The molecule has 0 bridgehead atoms. The third-order valence-corrected chi connectivity index (χ3v) is 3.54. The van der Waals surface area contributed by atoms with Crippen LogP contribution in [0.15, 0.2) is 60.9 Å². The molecule has 0 saturated carbocycles. The van der Waals surface area contributed by atoms with Crippen molar-refractivity contribution in [1.29, 1.82) is 0 Å². The van der Waals surface area contributed by atoms with Crippen LogP contribution in [0.1, 0.15) is 24.1 Å². The zero-order chi connectivity index (χ0) is 14.7. The molecule has 3 aromatic rings. The number of fused-ring (bicyclic) bond motifs is 1. The van der Waals surface area contributed by atoms with Crippen molar-refractivity contribution in [3.63, 3.8) is 0 Å². The van der Waals surface area contributed by atoms with E-state index in [0.717, 1.165) is 16.9 Å². The first-order chi connectivity index (χ1) is 10.3. The molecule has 0 aliphatic heterocycles. The Kier molecular flexibility index (Phi) is 3.84. The van der Waals surface area contributed by atoms with Crippen LogP contribution in [0.25, 0.3) is 10.8 Å². The van der Waals surface area contributed by atoms with E-state index in [1.54, 1.807) is 12.4 Å². The molecule has 3 nitrogen and oxygen atoms in total.